The molecule has 0 amide bonds. The Hall–Kier alpha value is 2.43. The Morgan fingerprint density at radius 1 is 0.750 bits per heavy atom. The standard InChI is InChI=1S/Cu.In.2H2Se.3H/h;;2*1H2;;;. The first-order valence-corrected chi connectivity index (χ1v) is 0. The van der Waals surface area contributed by atoms with Gasteiger partial charge in [-0.3, -0.25) is 0 Å². The van der Waals surface area contributed by atoms with E-state index in [1.54, 1.807) is 0 Å². The summed E-state index contributed by atoms with van der Waals surface area (Å²) in [5.74, 6) is 0. The van der Waals surface area contributed by atoms with Gasteiger partial charge in [0.05, 0.1) is 0 Å². The van der Waals surface area contributed by atoms with E-state index in [2.05, 4.69) is 0 Å². The molecule has 0 aliphatic carbocycles. The van der Waals surface area contributed by atoms with Crippen LogP contribution in [-0.4, -0.2) is 60.0 Å². The Morgan fingerprint density at radius 2 is 0.750 bits per heavy atom. The fourth-order valence-corrected chi connectivity index (χ4v) is 0. The summed E-state index contributed by atoms with van der Waals surface area (Å²) in [5.41, 5.74) is 0. The second-order valence-corrected chi connectivity index (χ2v) is 0. The Kier molecular flexibility index (Phi) is 145. The van der Waals surface area contributed by atoms with E-state index in [0.717, 1.165) is 0 Å². The second-order valence-electron chi connectivity index (χ2n) is 0. The van der Waals surface area contributed by atoms with Gasteiger partial charge < -0.3 is 0 Å². The molecular formula is H7CuInSe2. The summed E-state index contributed by atoms with van der Waals surface area (Å²) in [7, 11) is 0. The minimum atomic E-state index is 0. The molecule has 0 aliphatic rings. The van der Waals surface area contributed by atoms with Crippen LogP contribution in [0.4, 0.5) is 0 Å². The molecular weight excluding hydrogens is 336 g/mol. The van der Waals surface area contributed by atoms with Crippen LogP contribution < -0.4 is 0 Å². The summed E-state index contributed by atoms with van der Waals surface area (Å²) >= 11 is 0. The molecule has 4 heteroatoms. The van der Waals surface area contributed by atoms with Gasteiger partial charge in [0.1, 0.15) is 0 Å². The zero-order valence-corrected chi connectivity index (χ0v) is 6.44. The first-order chi connectivity index (χ1) is 0. The van der Waals surface area contributed by atoms with Crippen LogP contribution in [0.1, 0.15) is 0 Å². The predicted octanol–water partition coefficient (Wildman–Crippen LogP) is -3.02. The molecule has 0 atom stereocenters. The molecule has 0 aliphatic heterocycles. The quantitative estimate of drug-likeness (QED) is 0.411. The molecule has 0 saturated carbocycles. The predicted molar refractivity (Wildman–Crippen MR) is 27.0 cm³/mol. The maximum absolute atomic E-state index is 0. The van der Waals surface area contributed by atoms with E-state index in [-0.39, 0.29) is 77.0 Å². The van der Waals surface area contributed by atoms with Crippen LogP contribution in [0.5, 0.6) is 0 Å². The van der Waals surface area contributed by atoms with E-state index in [9.17, 15) is 0 Å². The van der Waals surface area contributed by atoms with E-state index in [1.807, 2.05) is 0 Å². The van der Waals surface area contributed by atoms with Crippen molar-refractivity contribution in [1.82, 2.24) is 0 Å². The average molecular weight is 343 g/mol. The van der Waals surface area contributed by atoms with Gasteiger partial charge in [-0.2, -0.15) is 0 Å². The fraction of sp³-hybridized carbons (Fsp3) is 0. The minimum absolute atomic E-state index is 0. The fourth-order valence-electron chi connectivity index (χ4n) is 0. The molecule has 0 nitrogen and oxygen atoms in total. The second kappa shape index (κ2) is 18.1. The van der Waals surface area contributed by atoms with Crippen molar-refractivity contribution in [3.05, 3.63) is 0 Å². The van der Waals surface area contributed by atoms with E-state index in [0.29, 0.717) is 0 Å². The van der Waals surface area contributed by atoms with Crippen LogP contribution in [-0.2, 0) is 17.1 Å². The third-order valence-corrected chi connectivity index (χ3v) is 0. The topological polar surface area (TPSA) is 0 Å². The molecule has 0 N–H and O–H groups in total. The normalized spacial score (nSPS) is 0. The summed E-state index contributed by atoms with van der Waals surface area (Å²) in [6.45, 7) is 0. The van der Waals surface area contributed by atoms with Crippen molar-refractivity contribution in [2.75, 3.05) is 0 Å². The van der Waals surface area contributed by atoms with E-state index in [1.165, 1.54) is 0 Å². The van der Waals surface area contributed by atoms with Gasteiger partial charge in [0.25, 0.3) is 0 Å². The molecule has 0 spiro atoms. The van der Waals surface area contributed by atoms with E-state index >= 15 is 0 Å². The van der Waals surface area contributed by atoms with Crippen molar-refractivity contribution < 1.29 is 17.1 Å². The van der Waals surface area contributed by atoms with Gasteiger partial charge in [-0.25, -0.2) is 0 Å². The zero-order chi connectivity index (χ0) is 0. The van der Waals surface area contributed by atoms with Crippen molar-refractivity contribution in [1.29, 1.82) is 0 Å². The van der Waals surface area contributed by atoms with Crippen molar-refractivity contribution in [3.63, 3.8) is 0 Å². The van der Waals surface area contributed by atoms with Gasteiger partial charge in [-0.15, -0.1) is 0 Å². The van der Waals surface area contributed by atoms with Gasteiger partial charge in [0.15, 0.2) is 0 Å². The molecule has 0 aromatic carbocycles. The van der Waals surface area contributed by atoms with Crippen LogP contribution in [0.25, 0.3) is 0 Å². The van der Waals surface area contributed by atoms with E-state index in [4.69, 9.17) is 0 Å². The van der Waals surface area contributed by atoms with Gasteiger partial charge in [0, 0.05) is 17.1 Å². The van der Waals surface area contributed by atoms with Gasteiger partial charge >= 0.3 is 60.0 Å². The van der Waals surface area contributed by atoms with Crippen molar-refractivity contribution in [2.24, 2.45) is 0 Å². The molecule has 0 aromatic rings. The van der Waals surface area contributed by atoms with Crippen molar-refractivity contribution in [3.8, 4) is 0 Å². The van der Waals surface area contributed by atoms with Crippen molar-refractivity contribution in [2.45, 2.75) is 0 Å². The Morgan fingerprint density at radius 3 is 0.750 bits per heavy atom. The zero-order valence-electron chi connectivity index (χ0n) is 1.30. The van der Waals surface area contributed by atoms with Crippen LogP contribution in [0.15, 0.2) is 0 Å². The Balaban J connectivity index is 0. The first-order valence-electron chi connectivity index (χ1n) is 0. The number of hydrogen-bond donors (Lipinski definition) is 0. The number of hydrogen-bond acceptors (Lipinski definition) is 0. The summed E-state index contributed by atoms with van der Waals surface area (Å²) < 4.78 is 0. The van der Waals surface area contributed by atoms with Crippen LogP contribution in [0.2, 0.25) is 0 Å². The van der Waals surface area contributed by atoms with Crippen molar-refractivity contribution >= 4 is 60.0 Å². The molecule has 0 saturated heterocycles. The molecule has 33 valence electrons. The van der Waals surface area contributed by atoms with Crippen LogP contribution in [0, 0.1) is 0 Å². The van der Waals surface area contributed by atoms with Crippen LogP contribution in [0.3, 0.4) is 0 Å². The molecule has 0 bridgehead atoms. The summed E-state index contributed by atoms with van der Waals surface area (Å²) in [4.78, 5) is 0. The molecule has 1 radical (unpaired) electrons. The monoisotopic (exact) mass is 345 g/mol. The first kappa shape index (κ1) is 32.1. The molecule has 4 heavy (non-hydrogen) atoms. The molecule has 0 aromatic heterocycles. The summed E-state index contributed by atoms with van der Waals surface area (Å²) in [5, 5.41) is 0. The van der Waals surface area contributed by atoms with Crippen LogP contribution >= 0.6 is 0 Å². The maximum atomic E-state index is 0. The van der Waals surface area contributed by atoms with Gasteiger partial charge in [-0.1, -0.05) is 0 Å². The molecule has 0 fully saturated rings. The van der Waals surface area contributed by atoms with Gasteiger partial charge in [0.2, 0.25) is 0 Å². The SMILES string of the molecule is [Cu].[InH3].[SeH2].[SeH2]. The summed E-state index contributed by atoms with van der Waals surface area (Å²) in [6.07, 6.45) is 0. The van der Waals surface area contributed by atoms with E-state index < -0.39 is 0 Å². The molecule has 0 unspecified atom stereocenters. The third kappa shape index (κ3) is 8.83. The Labute approximate surface area is 76.1 Å². The third-order valence-electron chi connectivity index (χ3n) is 0. The number of rotatable bonds is 0. The Bertz CT molecular complexity index is 6.00. The van der Waals surface area contributed by atoms with Gasteiger partial charge in [-0.05, 0) is 0 Å². The molecule has 0 rings (SSSR count). The summed E-state index contributed by atoms with van der Waals surface area (Å²) in [6, 6.07) is 0. The average Bonchev–Trinajstić information content (AvgIpc) is 0. The molecule has 0 heterocycles.